The predicted molar refractivity (Wildman–Crippen MR) is 46.5 cm³/mol. The van der Waals surface area contributed by atoms with Crippen molar-refractivity contribution in [3.63, 3.8) is 0 Å². The van der Waals surface area contributed by atoms with Crippen molar-refractivity contribution >= 4 is 5.97 Å². The molecule has 12 heavy (non-hydrogen) atoms. The lowest BCUT2D eigenvalue weighted by molar-refractivity contribution is -0.239. The molecule has 0 aromatic heterocycles. The van der Waals surface area contributed by atoms with Crippen molar-refractivity contribution in [3.05, 3.63) is 12.7 Å². The summed E-state index contributed by atoms with van der Waals surface area (Å²) in [5.74, 6) is -0.782. The van der Waals surface area contributed by atoms with Crippen LogP contribution < -0.4 is 0 Å². The van der Waals surface area contributed by atoms with Crippen molar-refractivity contribution in [2.45, 2.75) is 32.6 Å². The average molecular weight is 172 g/mol. The van der Waals surface area contributed by atoms with E-state index in [1.165, 1.54) is 0 Å². The molecule has 0 aromatic carbocycles. The Balaban J connectivity index is 3.84. The average Bonchev–Trinajstić information content (AvgIpc) is 2.11. The van der Waals surface area contributed by atoms with E-state index in [0.29, 0.717) is 6.42 Å². The van der Waals surface area contributed by atoms with Crippen molar-refractivity contribution in [3.8, 4) is 0 Å². The van der Waals surface area contributed by atoms with Crippen LogP contribution in [0.5, 0.6) is 0 Å². The maximum atomic E-state index is 10.9. The Morgan fingerprint density at radius 3 is 2.83 bits per heavy atom. The first kappa shape index (κ1) is 11.2. The van der Waals surface area contributed by atoms with Crippen LogP contribution in [0, 0.1) is 5.92 Å². The molecular weight excluding hydrogens is 156 g/mol. The molecule has 0 rings (SSSR count). The molecule has 0 aliphatic heterocycles. The second-order valence-corrected chi connectivity index (χ2v) is 2.77. The second-order valence-electron chi connectivity index (χ2n) is 2.77. The minimum Gasteiger partial charge on any atom is -0.301 e. The number of hydrogen-bond acceptors (Lipinski definition) is 3. The van der Waals surface area contributed by atoms with Gasteiger partial charge in [-0.25, -0.2) is 4.79 Å². The molecular formula is C9H16O3. The van der Waals surface area contributed by atoms with Crippen molar-refractivity contribution in [2.75, 3.05) is 0 Å². The minimum atomic E-state index is -0.552. The first-order valence-corrected chi connectivity index (χ1v) is 4.22. The van der Waals surface area contributed by atoms with Crippen LogP contribution in [0.2, 0.25) is 0 Å². The van der Waals surface area contributed by atoms with Crippen molar-refractivity contribution in [1.82, 2.24) is 0 Å². The fraction of sp³-hybridized carbons (Fsp3) is 0.667. The van der Waals surface area contributed by atoms with E-state index in [1.54, 1.807) is 6.08 Å². The molecule has 3 nitrogen and oxygen atoms in total. The summed E-state index contributed by atoms with van der Waals surface area (Å²) in [6, 6.07) is 0. The van der Waals surface area contributed by atoms with E-state index in [2.05, 4.69) is 18.4 Å². The van der Waals surface area contributed by atoms with Crippen LogP contribution in [-0.4, -0.2) is 11.2 Å². The van der Waals surface area contributed by atoms with Gasteiger partial charge in [0.15, 0.2) is 0 Å². The molecule has 0 radical (unpaired) electrons. The third kappa shape index (κ3) is 4.13. The van der Waals surface area contributed by atoms with Crippen LogP contribution >= 0.6 is 0 Å². The standard InChI is InChI=1S/C9H16O3/c1-3-5-7-8(6-4-2)9(10)12-11/h4,8,11H,2-3,5-7H2,1H3. The quantitative estimate of drug-likeness (QED) is 0.380. The molecule has 0 fully saturated rings. The third-order valence-corrected chi connectivity index (χ3v) is 1.78. The minimum absolute atomic E-state index is 0.229. The largest absolute Gasteiger partial charge is 0.345 e. The summed E-state index contributed by atoms with van der Waals surface area (Å²) in [6.45, 7) is 5.59. The number of allylic oxidation sites excluding steroid dienone is 1. The van der Waals surface area contributed by atoms with Crippen molar-refractivity contribution in [1.29, 1.82) is 0 Å². The Bertz CT molecular complexity index is 143. The maximum Gasteiger partial charge on any atom is 0.345 e. The molecule has 0 aliphatic carbocycles. The highest BCUT2D eigenvalue weighted by atomic mass is 17.1. The maximum absolute atomic E-state index is 10.9. The predicted octanol–water partition coefficient (Wildman–Crippen LogP) is 2.39. The van der Waals surface area contributed by atoms with Gasteiger partial charge in [-0.3, -0.25) is 0 Å². The number of hydrogen-bond donors (Lipinski definition) is 1. The Morgan fingerprint density at radius 2 is 2.42 bits per heavy atom. The van der Waals surface area contributed by atoms with E-state index in [1.807, 2.05) is 0 Å². The van der Waals surface area contributed by atoms with E-state index in [0.717, 1.165) is 19.3 Å². The first-order chi connectivity index (χ1) is 5.76. The first-order valence-electron chi connectivity index (χ1n) is 4.22. The highest BCUT2D eigenvalue weighted by molar-refractivity contribution is 5.71. The van der Waals surface area contributed by atoms with Gasteiger partial charge in [0.2, 0.25) is 0 Å². The summed E-state index contributed by atoms with van der Waals surface area (Å²) >= 11 is 0. The SMILES string of the molecule is C=CCC(CCCC)C(=O)OO. The van der Waals surface area contributed by atoms with E-state index in [-0.39, 0.29) is 5.92 Å². The molecule has 0 bridgehead atoms. The molecule has 0 saturated carbocycles. The van der Waals surface area contributed by atoms with Gasteiger partial charge >= 0.3 is 5.97 Å². The highest BCUT2D eigenvalue weighted by Gasteiger charge is 2.17. The zero-order valence-corrected chi connectivity index (χ0v) is 7.45. The van der Waals surface area contributed by atoms with E-state index in [4.69, 9.17) is 5.26 Å². The summed E-state index contributed by atoms with van der Waals surface area (Å²) in [5, 5.41) is 8.15. The summed E-state index contributed by atoms with van der Waals surface area (Å²) in [7, 11) is 0. The van der Waals surface area contributed by atoms with Crippen LogP contribution in [0.1, 0.15) is 32.6 Å². The lowest BCUT2D eigenvalue weighted by Crippen LogP contribution is -2.15. The topological polar surface area (TPSA) is 46.5 Å². The van der Waals surface area contributed by atoms with E-state index in [9.17, 15) is 4.79 Å². The normalized spacial score (nSPS) is 12.2. The van der Waals surface area contributed by atoms with Gasteiger partial charge in [0.05, 0.1) is 5.92 Å². The lowest BCUT2D eigenvalue weighted by atomic mass is 9.99. The molecule has 0 saturated heterocycles. The smallest absolute Gasteiger partial charge is 0.301 e. The lowest BCUT2D eigenvalue weighted by Gasteiger charge is -2.09. The van der Waals surface area contributed by atoms with Gasteiger partial charge in [0, 0.05) is 0 Å². The zero-order valence-electron chi connectivity index (χ0n) is 7.45. The summed E-state index contributed by atoms with van der Waals surface area (Å²) < 4.78 is 0. The molecule has 0 amide bonds. The van der Waals surface area contributed by atoms with Crippen LogP contribution in [0.3, 0.4) is 0 Å². The summed E-state index contributed by atoms with van der Waals surface area (Å²) in [6.07, 6.45) is 4.98. The van der Waals surface area contributed by atoms with Gasteiger partial charge in [-0.15, -0.1) is 6.58 Å². The van der Waals surface area contributed by atoms with Gasteiger partial charge in [-0.1, -0.05) is 25.8 Å². The Morgan fingerprint density at radius 1 is 1.75 bits per heavy atom. The van der Waals surface area contributed by atoms with Crippen LogP contribution in [0.4, 0.5) is 0 Å². The van der Waals surface area contributed by atoms with Gasteiger partial charge in [0.1, 0.15) is 0 Å². The van der Waals surface area contributed by atoms with Crippen molar-refractivity contribution in [2.24, 2.45) is 5.92 Å². The number of carbonyl (C=O) groups is 1. The van der Waals surface area contributed by atoms with Crippen LogP contribution in [0.25, 0.3) is 0 Å². The van der Waals surface area contributed by atoms with Crippen LogP contribution in [0.15, 0.2) is 12.7 Å². The van der Waals surface area contributed by atoms with Gasteiger partial charge in [-0.05, 0) is 12.8 Å². The van der Waals surface area contributed by atoms with Crippen LogP contribution in [-0.2, 0) is 9.68 Å². The number of carbonyl (C=O) groups excluding carboxylic acids is 1. The molecule has 1 atom stereocenters. The number of unbranched alkanes of at least 4 members (excludes halogenated alkanes) is 1. The Kier molecular flexibility index (Phi) is 6.38. The molecule has 1 unspecified atom stereocenters. The second kappa shape index (κ2) is 6.85. The van der Waals surface area contributed by atoms with Gasteiger partial charge < -0.3 is 4.89 Å². The summed E-state index contributed by atoms with van der Waals surface area (Å²) in [5.41, 5.74) is 0. The third-order valence-electron chi connectivity index (χ3n) is 1.78. The molecule has 0 heterocycles. The Hall–Kier alpha value is -0.830. The Labute approximate surface area is 73.0 Å². The van der Waals surface area contributed by atoms with E-state index < -0.39 is 5.97 Å². The zero-order chi connectivity index (χ0) is 9.40. The number of rotatable bonds is 6. The fourth-order valence-corrected chi connectivity index (χ4v) is 1.06. The molecule has 70 valence electrons. The van der Waals surface area contributed by atoms with Crippen molar-refractivity contribution < 1.29 is 14.9 Å². The molecule has 0 aliphatic rings. The molecule has 1 N–H and O–H groups in total. The summed E-state index contributed by atoms with van der Waals surface area (Å²) in [4.78, 5) is 14.6. The van der Waals surface area contributed by atoms with Gasteiger partial charge in [-0.2, -0.15) is 5.26 Å². The van der Waals surface area contributed by atoms with E-state index >= 15 is 0 Å². The van der Waals surface area contributed by atoms with Gasteiger partial charge in [0.25, 0.3) is 0 Å². The molecule has 0 spiro atoms. The monoisotopic (exact) mass is 172 g/mol. The molecule has 0 aromatic rings. The molecule has 3 heteroatoms. The highest BCUT2D eigenvalue weighted by Crippen LogP contribution is 2.14. The fourth-order valence-electron chi connectivity index (χ4n) is 1.06.